The maximum absolute atomic E-state index is 10.7. The lowest BCUT2D eigenvalue weighted by Gasteiger charge is -2.34. The minimum atomic E-state index is -0.816. The summed E-state index contributed by atoms with van der Waals surface area (Å²) < 4.78 is 16.4. The molecule has 2 atom stereocenters. The Hall–Kier alpha value is -1.26. The topological polar surface area (TPSA) is 47.9 Å². The van der Waals surface area contributed by atoms with E-state index in [1.165, 1.54) is 0 Å². The summed E-state index contributed by atoms with van der Waals surface area (Å²) in [5.41, 5.74) is -0.0401. The van der Waals surface area contributed by atoms with E-state index < -0.39 is 11.7 Å². The number of aliphatic hydroxyl groups is 1. The molecule has 0 fully saturated rings. The molecule has 2 unspecified atom stereocenters. The molecule has 108 valence electrons. The van der Waals surface area contributed by atoms with Crippen molar-refractivity contribution >= 4 is 0 Å². The highest BCUT2D eigenvalue weighted by Crippen LogP contribution is 2.41. The zero-order valence-electron chi connectivity index (χ0n) is 12.4. The van der Waals surface area contributed by atoms with Crippen LogP contribution in [0.1, 0.15) is 38.9 Å². The predicted molar refractivity (Wildman–Crippen MR) is 74.8 cm³/mol. The summed E-state index contributed by atoms with van der Waals surface area (Å²) in [4.78, 5) is 0. The molecule has 0 aromatic heterocycles. The zero-order valence-corrected chi connectivity index (χ0v) is 12.4. The van der Waals surface area contributed by atoms with Crippen molar-refractivity contribution in [1.82, 2.24) is 0 Å². The fraction of sp³-hybridized carbons (Fsp3) is 0.600. The number of hydrogen-bond acceptors (Lipinski definition) is 4. The summed E-state index contributed by atoms with van der Waals surface area (Å²) >= 11 is 0. The normalized spacial score (nSPS) is 15.7. The molecule has 19 heavy (non-hydrogen) atoms. The Kier molecular flexibility index (Phi) is 5.63. The highest BCUT2D eigenvalue weighted by atomic mass is 16.5. The van der Waals surface area contributed by atoms with Gasteiger partial charge in [0, 0.05) is 6.61 Å². The van der Waals surface area contributed by atoms with Gasteiger partial charge in [-0.1, -0.05) is 13.0 Å². The number of rotatable bonds is 7. The lowest BCUT2D eigenvalue weighted by atomic mass is 9.89. The Bertz CT molecular complexity index is 383. The highest BCUT2D eigenvalue weighted by Gasteiger charge is 2.36. The zero-order chi connectivity index (χ0) is 14.5. The van der Waals surface area contributed by atoms with Gasteiger partial charge in [0.2, 0.25) is 0 Å². The van der Waals surface area contributed by atoms with Crippen molar-refractivity contribution in [2.45, 2.75) is 38.9 Å². The van der Waals surface area contributed by atoms with Gasteiger partial charge in [-0.25, -0.2) is 0 Å². The minimum Gasteiger partial charge on any atom is -0.496 e. The summed E-state index contributed by atoms with van der Waals surface area (Å²) in [6.07, 6.45) is -0.132. The number of methoxy groups -OCH3 is 2. The van der Waals surface area contributed by atoms with Crippen molar-refractivity contribution in [2.75, 3.05) is 20.8 Å². The molecule has 0 bridgehead atoms. The molecule has 0 radical (unpaired) electrons. The molecule has 0 heterocycles. The lowest BCUT2D eigenvalue weighted by Crippen LogP contribution is -2.36. The molecule has 4 heteroatoms. The van der Waals surface area contributed by atoms with E-state index in [0.717, 1.165) is 0 Å². The summed E-state index contributed by atoms with van der Waals surface area (Å²) in [5.74, 6) is 1.21. The van der Waals surface area contributed by atoms with E-state index in [0.29, 0.717) is 30.1 Å². The van der Waals surface area contributed by atoms with Gasteiger partial charge in [0.05, 0.1) is 25.4 Å². The first kappa shape index (κ1) is 15.8. The average molecular weight is 268 g/mol. The van der Waals surface area contributed by atoms with Crippen LogP contribution in [0, 0.1) is 0 Å². The Morgan fingerprint density at radius 1 is 1.16 bits per heavy atom. The number of aliphatic hydroxyl groups excluding tert-OH is 1. The van der Waals surface area contributed by atoms with Gasteiger partial charge in [-0.05, 0) is 32.4 Å². The summed E-state index contributed by atoms with van der Waals surface area (Å²) in [5, 5.41) is 10.7. The smallest absolute Gasteiger partial charge is 0.128 e. The maximum atomic E-state index is 10.7. The highest BCUT2D eigenvalue weighted by molar-refractivity contribution is 5.47. The van der Waals surface area contributed by atoms with Gasteiger partial charge in [0.1, 0.15) is 17.6 Å². The van der Waals surface area contributed by atoms with Crippen molar-refractivity contribution in [3.63, 3.8) is 0 Å². The predicted octanol–water partition coefficient (Wildman–Crippen LogP) is 2.94. The van der Waals surface area contributed by atoms with Gasteiger partial charge in [0.25, 0.3) is 0 Å². The van der Waals surface area contributed by atoms with Crippen molar-refractivity contribution in [3.05, 3.63) is 23.8 Å². The first-order valence-corrected chi connectivity index (χ1v) is 6.56. The van der Waals surface area contributed by atoms with Crippen LogP contribution in [-0.2, 0) is 4.74 Å². The molecule has 0 spiro atoms. The van der Waals surface area contributed by atoms with E-state index in [1.807, 2.05) is 39.0 Å². The van der Waals surface area contributed by atoms with Crippen molar-refractivity contribution in [2.24, 2.45) is 0 Å². The molecule has 0 amide bonds. The third-order valence-corrected chi connectivity index (χ3v) is 3.49. The molecule has 0 saturated carbocycles. The molecule has 1 aromatic carbocycles. The van der Waals surface area contributed by atoms with Gasteiger partial charge in [-0.3, -0.25) is 0 Å². The first-order valence-electron chi connectivity index (χ1n) is 6.56. The Balaban J connectivity index is 3.26. The molecule has 1 N–H and O–H groups in total. The van der Waals surface area contributed by atoms with E-state index in [1.54, 1.807) is 14.2 Å². The first-order chi connectivity index (χ1) is 9.03. The van der Waals surface area contributed by atoms with Crippen molar-refractivity contribution in [1.29, 1.82) is 0 Å². The summed E-state index contributed by atoms with van der Waals surface area (Å²) in [6.45, 7) is 6.34. The maximum Gasteiger partial charge on any atom is 0.128 e. The lowest BCUT2D eigenvalue weighted by molar-refractivity contribution is -0.114. The Labute approximate surface area is 115 Å². The van der Waals surface area contributed by atoms with E-state index in [4.69, 9.17) is 14.2 Å². The van der Waals surface area contributed by atoms with Gasteiger partial charge in [-0.2, -0.15) is 0 Å². The molecule has 0 aliphatic heterocycles. The van der Waals surface area contributed by atoms with Crippen LogP contribution in [0.15, 0.2) is 18.2 Å². The van der Waals surface area contributed by atoms with E-state index in [9.17, 15) is 5.11 Å². The van der Waals surface area contributed by atoms with Crippen LogP contribution in [-0.4, -0.2) is 31.5 Å². The molecule has 1 rings (SSSR count). The fourth-order valence-corrected chi connectivity index (χ4v) is 2.16. The Morgan fingerprint density at radius 3 is 2.05 bits per heavy atom. The van der Waals surface area contributed by atoms with Crippen LogP contribution >= 0.6 is 0 Å². The Morgan fingerprint density at radius 2 is 1.68 bits per heavy atom. The minimum absolute atomic E-state index is 0.541. The van der Waals surface area contributed by atoms with Crippen molar-refractivity contribution < 1.29 is 19.3 Å². The van der Waals surface area contributed by atoms with Crippen LogP contribution in [0.3, 0.4) is 0 Å². The number of benzene rings is 1. The van der Waals surface area contributed by atoms with Crippen LogP contribution < -0.4 is 9.47 Å². The average Bonchev–Trinajstić information content (AvgIpc) is 2.45. The molecule has 0 aliphatic rings. The monoisotopic (exact) mass is 268 g/mol. The second-order valence-corrected chi connectivity index (χ2v) is 4.58. The van der Waals surface area contributed by atoms with E-state index in [-0.39, 0.29) is 0 Å². The number of hydrogen-bond donors (Lipinski definition) is 1. The van der Waals surface area contributed by atoms with Crippen LogP contribution in [0.5, 0.6) is 11.5 Å². The molecular formula is C15H24O4. The standard InChI is InChI=1S/C15H24O4/c1-6-15(3,19-7-2)14(16)13-11(17-4)9-8-10-12(13)18-5/h8-10,14,16H,6-7H2,1-5H3. The largest absolute Gasteiger partial charge is 0.496 e. The third-order valence-electron chi connectivity index (χ3n) is 3.49. The summed E-state index contributed by atoms with van der Waals surface area (Å²) in [6, 6.07) is 5.45. The molecule has 0 saturated heterocycles. The van der Waals surface area contributed by atoms with E-state index >= 15 is 0 Å². The molecular weight excluding hydrogens is 244 g/mol. The third kappa shape index (κ3) is 3.19. The van der Waals surface area contributed by atoms with Crippen LogP contribution in [0.4, 0.5) is 0 Å². The van der Waals surface area contributed by atoms with Crippen LogP contribution in [0.2, 0.25) is 0 Å². The van der Waals surface area contributed by atoms with Gasteiger partial charge >= 0.3 is 0 Å². The van der Waals surface area contributed by atoms with E-state index in [2.05, 4.69) is 0 Å². The quantitative estimate of drug-likeness (QED) is 0.826. The molecule has 1 aromatic rings. The van der Waals surface area contributed by atoms with Crippen molar-refractivity contribution in [3.8, 4) is 11.5 Å². The molecule has 4 nitrogen and oxygen atoms in total. The van der Waals surface area contributed by atoms with Crippen LogP contribution in [0.25, 0.3) is 0 Å². The summed E-state index contributed by atoms with van der Waals surface area (Å²) in [7, 11) is 3.16. The van der Waals surface area contributed by atoms with Gasteiger partial charge < -0.3 is 19.3 Å². The fourth-order valence-electron chi connectivity index (χ4n) is 2.16. The SMILES string of the molecule is CCOC(C)(CC)C(O)c1c(OC)cccc1OC. The second-order valence-electron chi connectivity index (χ2n) is 4.58. The molecule has 0 aliphatic carbocycles. The van der Waals surface area contributed by atoms with Gasteiger partial charge in [0.15, 0.2) is 0 Å². The van der Waals surface area contributed by atoms with Gasteiger partial charge in [-0.15, -0.1) is 0 Å². The second kappa shape index (κ2) is 6.78. The number of ether oxygens (including phenoxy) is 3.